The van der Waals surface area contributed by atoms with Gasteiger partial charge >= 0.3 is 0 Å². The first-order valence-corrected chi connectivity index (χ1v) is 7.89. The van der Waals surface area contributed by atoms with Crippen molar-refractivity contribution in [1.29, 1.82) is 0 Å². The molecule has 3 aromatic rings. The Morgan fingerprint density at radius 1 is 1.08 bits per heavy atom. The van der Waals surface area contributed by atoms with Gasteiger partial charge in [-0.2, -0.15) is 0 Å². The highest BCUT2D eigenvalue weighted by atomic mass is 16.2. The number of hydrogen-bond donors (Lipinski definition) is 1. The lowest BCUT2D eigenvalue weighted by Crippen LogP contribution is -2.34. The van der Waals surface area contributed by atoms with Crippen LogP contribution in [0.15, 0.2) is 60.9 Å². The molecule has 1 aromatic carbocycles. The van der Waals surface area contributed by atoms with E-state index in [0.29, 0.717) is 19.6 Å². The first-order chi connectivity index (χ1) is 11.7. The monoisotopic (exact) mass is 320 g/mol. The van der Waals surface area contributed by atoms with Crippen molar-refractivity contribution in [2.24, 2.45) is 0 Å². The summed E-state index contributed by atoms with van der Waals surface area (Å²) in [7, 11) is 1.92. The molecule has 3 rings (SSSR count). The molecule has 0 spiro atoms. The van der Waals surface area contributed by atoms with Gasteiger partial charge in [-0.1, -0.05) is 24.3 Å². The lowest BCUT2D eigenvalue weighted by atomic mass is 10.2. The molecule has 0 saturated heterocycles. The van der Waals surface area contributed by atoms with Crippen molar-refractivity contribution in [1.82, 2.24) is 20.2 Å². The lowest BCUT2D eigenvalue weighted by molar-refractivity contribution is -0.122. The van der Waals surface area contributed by atoms with E-state index in [0.717, 1.165) is 22.2 Å². The molecule has 2 heterocycles. The predicted molar refractivity (Wildman–Crippen MR) is 94.2 cm³/mol. The third-order valence-corrected chi connectivity index (χ3v) is 3.74. The van der Waals surface area contributed by atoms with E-state index in [2.05, 4.69) is 15.3 Å². The van der Waals surface area contributed by atoms with Gasteiger partial charge in [-0.3, -0.25) is 19.7 Å². The fourth-order valence-corrected chi connectivity index (χ4v) is 2.55. The first-order valence-electron chi connectivity index (χ1n) is 7.89. The summed E-state index contributed by atoms with van der Waals surface area (Å²) in [5.41, 5.74) is 2.94. The third-order valence-electron chi connectivity index (χ3n) is 3.74. The van der Waals surface area contributed by atoms with Crippen molar-refractivity contribution in [3.63, 3.8) is 0 Å². The number of pyridine rings is 2. The average Bonchev–Trinajstić information content (AvgIpc) is 2.60. The van der Waals surface area contributed by atoms with Gasteiger partial charge in [-0.05, 0) is 36.9 Å². The fraction of sp³-hybridized carbons (Fsp3) is 0.211. The van der Waals surface area contributed by atoms with E-state index in [1.807, 2.05) is 60.5 Å². The zero-order valence-electron chi connectivity index (χ0n) is 13.6. The van der Waals surface area contributed by atoms with Gasteiger partial charge in [0.05, 0.1) is 24.3 Å². The van der Waals surface area contributed by atoms with E-state index in [1.54, 1.807) is 12.4 Å². The molecular weight excluding hydrogens is 300 g/mol. The van der Waals surface area contributed by atoms with Crippen LogP contribution in [0.25, 0.3) is 10.9 Å². The van der Waals surface area contributed by atoms with Crippen LogP contribution in [0.3, 0.4) is 0 Å². The largest absolute Gasteiger partial charge is 0.349 e. The van der Waals surface area contributed by atoms with E-state index in [1.165, 1.54) is 0 Å². The van der Waals surface area contributed by atoms with E-state index in [9.17, 15) is 4.79 Å². The molecule has 0 fully saturated rings. The van der Waals surface area contributed by atoms with Crippen LogP contribution in [0.5, 0.6) is 0 Å². The number of carbonyl (C=O) groups excluding carboxylic acids is 1. The van der Waals surface area contributed by atoms with Crippen LogP contribution in [0, 0.1) is 0 Å². The van der Waals surface area contributed by atoms with E-state index in [4.69, 9.17) is 0 Å². The molecule has 5 nitrogen and oxygen atoms in total. The number of rotatable bonds is 6. The lowest BCUT2D eigenvalue weighted by Gasteiger charge is -2.16. The molecule has 0 aliphatic carbocycles. The number of carbonyl (C=O) groups is 1. The Labute approximate surface area is 141 Å². The smallest absolute Gasteiger partial charge is 0.234 e. The highest BCUT2D eigenvalue weighted by Gasteiger charge is 2.07. The second kappa shape index (κ2) is 7.66. The number of para-hydroxylation sites is 1. The molecule has 1 amide bonds. The topological polar surface area (TPSA) is 58.1 Å². The minimum Gasteiger partial charge on any atom is -0.349 e. The van der Waals surface area contributed by atoms with Crippen LogP contribution in [0.4, 0.5) is 0 Å². The Morgan fingerprint density at radius 3 is 2.71 bits per heavy atom. The number of fused-ring (bicyclic) bond motifs is 1. The zero-order valence-corrected chi connectivity index (χ0v) is 13.6. The predicted octanol–water partition coefficient (Wildman–Crippen LogP) is 2.38. The molecule has 1 N–H and O–H groups in total. The molecule has 0 aliphatic rings. The molecule has 5 heteroatoms. The SMILES string of the molecule is CN(CC(=O)NCc1ccc2ccccc2n1)Cc1ccncc1. The van der Waals surface area contributed by atoms with Gasteiger partial charge in [0.25, 0.3) is 0 Å². The van der Waals surface area contributed by atoms with Crippen molar-refractivity contribution in [2.75, 3.05) is 13.6 Å². The molecule has 0 atom stereocenters. The maximum atomic E-state index is 12.1. The number of amides is 1. The number of likely N-dealkylation sites (N-methyl/N-ethyl adjacent to an activating group) is 1. The Kier molecular flexibility index (Phi) is 5.13. The van der Waals surface area contributed by atoms with Crippen LogP contribution in [0.1, 0.15) is 11.3 Å². The molecule has 0 unspecified atom stereocenters. The average molecular weight is 320 g/mol. The molecule has 122 valence electrons. The summed E-state index contributed by atoms with van der Waals surface area (Å²) in [6.45, 7) is 1.49. The molecule has 0 radical (unpaired) electrons. The Morgan fingerprint density at radius 2 is 1.88 bits per heavy atom. The van der Waals surface area contributed by atoms with E-state index >= 15 is 0 Å². The van der Waals surface area contributed by atoms with Crippen LogP contribution in [-0.4, -0.2) is 34.4 Å². The van der Waals surface area contributed by atoms with Crippen molar-refractivity contribution < 1.29 is 4.79 Å². The highest BCUT2D eigenvalue weighted by molar-refractivity contribution is 5.79. The van der Waals surface area contributed by atoms with Gasteiger partial charge < -0.3 is 5.32 Å². The molecule has 0 aliphatic heterocycles. The maximum absolute atomic E-state index is 12.1. The number of nitrogens with zero attached hydrogens (tertiary/aromatic N) is 3. The second-order valence-corrected chi connectivity index (χ2v) is 5.80. The van der Waals surface area contributed by atoms with Crippen LogP contribution >= 0.6 is 0 Å². The zero-order chi connectivity index (χ0) is 16.8. The van der Waals surface area contributed by atoms with Gasteiger partial charge in [-0.15, -0.1) is 0 Å². The number of hydrogen-bond acceptors (Lipinski definition) is 4. The van der Waals surface area contributed by atoms with Crippen molar-refractivity contribution >= 4 is 16.8 Å². The van der Waals surface area contributed by atoms with E-state index < -0.39 is 0 Å². The minimum absolute atomic E-state index is 0.0125. The summed E-state index contributed by atoms with van der Waals surface area (Å²) >= 11 is 0. The van der Waals surface area contributed by atoms with Crippen molar-refractivity contribution in [2.45, 2.75) is 13.1 Å². The third kappa shape index (κ3) is 4.36. The number of benzene rings is 1. The quantitative estimate of drug-likeness (QED) is 0.757. The molecule has 0 bridgehead atoms. The fourth-order valence-electron chi connectivity index (χ4n) is 2.55. The summed E-state index contributed by atoms with van der Waals surface area (Å²) in [6, 6.07) is 15.8. The number of aromatic nitrogens is 2. The summed E-state index contributed by atoms with van der Waals surface area (Å²) < 4.78 is 0. The molecular formula is C19H20N4O. The summed E-state index contributed by atoms with van der Waals surface area (Å²) in [5, 5.41) is 4.03. The Balaban J connectivity index is 1.51. The molecule has 0 saturated carbocycles. The Bertz CT molecular complexity index is 820. The summed E-state index contributed by atoms with van der Waals surface area (Å²) in [5.74, 6) is -0.0125. The molecule has 2 aromatic heterocycles. The van der Waals surface area contributed by atoms with Gasteiger partial charge in [0, 0.05) is 24.3 Å². The van der Waals surface area contributed by atoms with Crippen LogP contribution in [0.2, 0.25) is 0 Å². The summed E-state index contributed by atoms with van der Waals surface area (Å²) in [6.07, 6.45) is 3.52. The summed E-state index contributed by atoms with van der Waals surface area (Å²) in [4.78, 5) is 22.6. The van der Waals surface area contributed by atoms with Crippen LogP contribution < -0.4 is 5.32 Å². The highest BCUT2D eigenvalue weighted by Crippen LogP contribution is 2.11. The van der Waals surface area contributed by atoms with Gasteiger partial charge in [0.1, 0.15) is 0 Å². The minimum atomic E-state index is -0.0125. The van der Waals surface area contributed by atoms with Gasteiger partial charge in [0.15, 0.2) is 0 Å². The van der Waals surface area contributed by atoms with Gasteiger partial charge in [-0.25, -0.2) is 0 Å². The van der Waals surface area contributed by atoms with Crippen molar-refractivity contribution in [3.8, 4) is 0 Å². The maximum Gasteiger partial charge on any atom is 0.234 e. The van der Waals surface area contributed by atoms with Gasteiger partial charge in [0.2, 0.25) is 5.91 Å². The second-order valence-electron chi connectivity index (χ2n) is 5.80. The van der Waals surface area contributed by atoms with E-state index in [-0.39, 0.29) is 5.91 Å². The number of nitrogens with one attached hydrogen (secondary N) is 1. The standard InChI is InChI=1S/C19H20N4O/c1-23(13-15-8-10-20-11-9-15)14-19(24)21-12-17-7-6-16-4-2-3-5-18(16)22-17/h2-11H,12-14H2,1H3,(H,21,24). The van der Waals surface area contributed by atoms with Crippen molar-refractivity contribution in [3.05, 3.63) is 72.2 Å². The van der Waals surface area contributed by atoms with Crippen LogP contribution in [-0.2, 0) is 17.9 Å². The molecule has 24 heavy (non-hydrogen) atoms. The first kappa shape index (κ1) is 16.1. The Hall–Kier alpha value is -2.79. The normalized spacial score (nSPS) is 10.9.